The zero-order valence-corrected chi connectivity index (χ0v) is 12.0. The van der Waals surface area contributed by atoms with Crippen LogP contribution >= 0.6 is 0 Å². The molecule has 1 aromatic carbocycles. The first kappa shape index (κ1) is 17.3. The van der Waals surface area contributed by atoms with Gasteiger partial charge in [0, 0.05) is 25.2 Å². The molecule has 0 aliphatic rings. The van der Waals surface area contributed by atoms with Gasteiger partial charge in [0.1, 0.15) is 17.5 Å². The number of aliphatic imine (C=N–C) groups is 1. The Kier molecular flexibility index (Phi) is 6.68. The normalized spacial score (nSPS) is 12.2. The molecule has 0 aromatic heterocycles. The third-order valence-electron chi connectivity index (χ3n) is 2.92. The summed E-state index contributed by atoms with van der Waals surface area (Å²) in [7, 11) is 0. The van der Waals surface area contributed by atoms with Crippen LogP contribution in [0.4, 0.5) is 0 Å². The molecule has 0 saturated heterocycles. The number of hydrogen-bond donors (Lipinski definition) is 6. The number of rotatable bonds is 8. The number of phenolic OH excluding ortho intramolecular Hbond substituents is 2. The molecule has 0 radical (unpaired) electrons. The minimum atomic E-state index is -1.03. The van der Waals surface area contributed by atoms with Crippen LogP contribution in [0.25, 0.3) is 0 Å². The lowest BCUT2D eigenvalue weighted by Crippen LogP contribution is -2.31. The van der Waals surface area contributed by atoms with Crippen molar-refractivity contribution in [3.8, 4) is 11.5 Å². The summed E-state index contributed by atoms with van der Waals surface area (Å²) in [5, 5.41) is 37.5. The number of hydrogen-bond acceptors (Lipinski definition) is 5. The van der Waals surface area contributed by atoms with E-state index in [4.69, 9.17) is 16.2 Å². The molecule has 0 amide bonds. The third kappa shape index (κ3) is 6.12. The fourth-order valence-corrected chi connectivity index (χ4v) is 1.78. The van der Waals surface area contributed by atoms with Gasteiger partial charge in [-0.3, -0.25) is 10.4 Å². The molecule has 8 heteroatoms. The first-order valence-corrected chi connectivity index (χ1v) is 6.73. The van der Waals surface area contributed by atoms with Crippen molar-refractivity contribution in [2.45, 2.75) is 25.3 Å². The Morgan fingerprint density at radius 1 is 1.45 bits per heavy atom. The highest BCUT2D eigenvalue weighted by atomic mass is 16.4. The Balaban J connectivity index is 2.51. The van der Waals surface area contributed by atoms with Crippen molar-refractivity contribution in [2.24, 2.45) is 10.7 Å². The van der Waals surface area contributed by atoms with E-state index in [1.54, 1.807) is 6.07 Å². The van der Waals surface area contributed by atoms with E-state index in [9.17, 15) is 15.0 Å². The molecule has 1 rings (SSSR count). The number of phenols is 2. The fourth-order valence-electron chi connectivity index (χ4n) is 1.78. The van der Waals surface area contributed by atoms with Crippen molar-refractivity contribution in [1.29, 1.82) is 5.41 Å². The van der Waals surface area contributed by atoms with Crippen LogP contribution in [0.2, 0.25) is 0 Å². The molecular weight excluding hydrogens is 288 g/mol. The predicted molar refractivity (Wildman–Crippen MR) is 82.5 cm³/mol. The molecule has 0 heterocycles. The topological polar surface area (TPSA) is 152 Å². The van der Waals surface area contributed by atoms with Gasteiger partial charge in [-0.25, -0.2) is 4.79 Å². The standard InChI is InChI=1S/C14H20N4O4/c15-14(16)18-6-1-2-11(13(21)22)17-7-5-9-3-4-10(19)8-12(9)20/h3-4,7-8,11,19-20H,1-2,5-6H2,(H,21,22)(H4,15,16,18)/t11-/m0/s1. The van der Waals surface area contributed by atoms with Crippen molar-refractivity contribution in [1.82, 2.24) is 5.32 Å². The van der Waals surface area contributed by atoms with E-state index < -0.39 is 12.0 Å². The first-order valence-electron chi connectivity index (χ1n) is 6.73. The summed E-state index contributed by atoms with van der Waals surface area (Å²) in [6.45, 7) is 0.410. The number of benzene rings is 1. The molecule has 0 spiro atoms. The number of carbonyl (C=O) groups is 1. The maximum Gasteiger partial charge on any atom is 0.328 e. The lowest BCUT2D eigenvalue weighted by molar-refractivity contribution is -0.138. The van der Waals surface area contributed by atoms with Crippen LogP contribution in [-0.2, 0) is 11.2 Å². The van der Waals surface area contributed by atoms with Crippen molar-refractivity contribution in [2.75, 3.05) is 6.54 Å². The van der Waals surface area contributed by atoms with E-state index >= 15 is 0 Å². The molecule has 22 heavy (non-hydrogen) atoms. The Hall–Kier alpha value is -2.77. The maximum absolute atomic E-state index is 11.1. The number of carboxylic acids is 1. The monoisotopic (exact) mass is 308 g/mol. The van der Waals surface area contributed by atoms with Gasteiger partial charge in [-0.05, 0) is 24.5 Å². The number of aliphatic carboxylic acids is 1. The summed E-state index contributed by atoms with van der Waals surface area (Å²) in [5.74, 6) is -1.30. The van der Waals surface area contributed by atoms with Crippen molar-refractivity contribution < 1.29 is 20.1 Å². The van der Waals surface area contributed by atoms with Crippen LogP contribution < -0.4 is 11.1 Å². The van der Waals surface area contributed by atoms with Crippen molar-refractivity contribution >= 4 is 18.1 Å². The highest BCUT2D eigenvalue weighted by molar-refractivity contribution is 5.76. The lowest BCUT2D eigenvalue weighted by atomic mass is 10.1. The lowest BCUT2D eigenvalue weighted by Gasteiger charge is -2.08. The summed E-state index contributed by atoms with van der Waals surface area (Å²) in [6, 6.07) is 3.31. The number of guanidine groups is 1. The summed E-state index contributed by atoms with van der Waals surface area (Å²) in [6.07, 6.45) is 2.52. The van der Waals surface area contributed by atoms with E-state index in [2.05, 4.69) is 10.3 Å². The minimum Gasteiger partial charge on any atom is -0.508 e. The number of aromatic hydroxyl groups is 2. The summed E-state index contributed by atoms with van der Waals surface area (Å²) >= 11 is 0. The molecule has 0 aliphatic carbocycles. The Labute approximate surface area is 127 Å². The van der Waals surface area contributed by atoms with Crippen molar-refractivity contribution in [3.63, 3.8) is 0 Å². The molecule has 1 atom stereocenters. The average molecular weight is 308 g/mol. The highest BCUT2D eigenvalue weighted by Crippen LogP contribution is 2.22. The molecule has 8 nitrogen and oxygen atoms in total. The van der Waals surface area contributed by atoms with Crippen LogP contribution in [0.3, 0.4) is 0 Å². The van der Waals surface area contributed by atoms with E-state index in [-0.39, 0.29) is 23.9 Å². The molecule has 0 unspecified atom stereocenters. The highest BCUT2D eigenvalue weighted by Gasteiger charge is 2.14. The second kappa shape index (κ2) is 8.50. The van der Waals surface area contributed by atoms with Gasteiger partial charge in [0.15, 0.2) is 5.96 Å². The molecule has 0 fully saturated rings. The maximum atomic E-state index is 11.1. The van der Waals surface area contributed by atoms with Crippen LogP contribution in [0.1, 0.15) is 18.4 Å². The number of nitrogens with two attached hydrogens (primary N) is 1. The number of nitrogens with one attached hydrogen (secondary N) is 2. The largest absolute Gasteiger partial charge is 0.508 e. The van der Waals surface area contributed by atoms with Crippen LogP contribution in [-0.4, -0.2) is 46.0 Å². The first-order chi connectivity index (χ1) is 10.4. The van der Waals surface area contributed by atoms with Gasteiger partial charge in [-0.1, -0.05) is 6.07 Å². The van der Waals surface area contributed by atoms with Gasteiger partial charge in [-0.15, -0.1) is 0 Å². The quantitative estimate of drug-likeness (QED) is 0.233. The van der Waals surface area contributed by atoms with Crippen LogP contribution in [0, 0.1) is 5.41 Å². The summed E-state index contributed by atoms with van der Waals surface area (Å²) in [4.78, 5) is 15.1. The van der Waals surface area contributed by atoms with Gasteiger partial charge in [0.2, 0.25) is 0 Å². The summed E-state index contributed by atoms with van der Waals surface area (Å²) < 4.78 is 0. The zero-order chi connectivity index (χ0) is 16.5. The fraction of sp³-hybridized carbons (Fsp3) is 0.357. The summed E-state index contributed by atoms with van der Waals surface area (Å²) in [5.41, 5.74) is 5.67. The second-order valence-electron chi connectivity index (χ2n) is 4.69. The molecular formula is C14H20N4O4. The molecule has 0 saturated carbocycles. The van der Waals surface area contributed by atoms with Crippen molar-refractivity contribution in [3.05, 3.63) is 23.8 Å². The van der Waals surface area contributed by atoms with Gasteiger partial charge in [0.05, 0.1) is 0 Å². The number of nitrogens with zero attached hydrogens (tertiary/aromatic N) is 1. The Bertz CT molecular complexity index is 560. The molecule has 120 valence electrons. The van der Waals surface area contributed by atoms with E-state index in [1.165, 1.54) is 18.3 Å². The van der Waals surface area contributed by atoms with E-state index in [0.717, 1.165) is 0 Å². The van der Waals surface area contributed by atoms with Crippen LogP contribution in [0.15, 0.2) is 23.2 Å². The second-order valence-corrected chi connectivity index (χ2v) is 4.69. The predicted octanol–water partition coefficient (Wildman–Crippen LogP) is 0.428. The Morgan fingerprint density at radius 2 is 2.18 bits per heavy atom. The third-order valence-corrected chi connectivity index (χ3v) is 2.92. The van der Waals surface area contributed by atoms with Gasteiger partial charge in [0.25, 0.3) is 0 Å². The zero-order valence-electron chi connectivity index (χ0n) is 12.0. The van der Waals surface area contributed by atoms with E-state index in [0.29, 0.717) is 24.9 Å². The Morgan fingerprint density at radius 3 is 2.77 bits per heavy atom. The molecule has 0 bridgehead atoms. The average Bonchev–Trinajstić information content (AvgIpc) is 2.42. The minimum absolute atomic E-state index is 0.0421. The smallest absolute Gasteiger partial charge is 0.328 e. The SMILES string of the molecule is N=C(N)NCCC[C@H](N=CCc1ccc(O)cc1O)C(=O)O. The molecule has 7 N–H and O–H groups in total. The van der Waals surface area contributed by atoms with E-state index in [1.807, 2.05) is 0 Å². The van der Waals surface area contributed by atoms with Gasteiger partial charge in [-0.2, -0.15) is 0 Å². The molecule has 1 aromatic rings. The van der Waals surface area contributed by atoms with Crippen LogP contribution in [0.5, 0.6) is 11.5 Å². The van der Waals surface area contributed by atoms with Gasteiger partial charge < -0.3 is 26.4 Å². The van der Waals surface area contributed by atoms with Gasteiger partial charge >= 0.3 is 5.97 Å². The molecule has 0 aliphatic heterocycles. The number of carboxylic acid groups (broad SMARTS) is 1.